The van der Waals surface area contributed by atoms with Crippen molar-refractivity contribution in [3.63, 3.8) is 0 Å². The molecule has 5 heteroatoms. The normalized spacial score (nSPS) is 20.1. The summed E-state index contributed by atoms with van der Waals surface area (Å²) in [5.41, 5.74) is 2.79. The number of likely N-dealkylation sites (tertiary alicyclic amines) is 1. The molecule has 0 spiro atoms. The summed E-state index contributed by atoms with van der Waals surface area (Å²) in [6, 6.07) is 11.1. The number of thiophene rings is 1. The first kappa shape index (κ1) is 19.0. The van der Waals surface area contributed by atoms with E-state index in [2.05, 4.69) is 34.1 Å². The average molecular weight is 408 g/mol. The largest absolute Gasteiger partial charge is 0.300 e. The number of aromatic nitrogens is 2. The molecule has 3 aromatic rings. The summed E-state index contributed by atoms with van der Waals surface area (Å²) in [5.74, 6) is 0. The second kappa shape index (κ2) is 8.41. The zero-order valence-electron chi connectivity index (χ0n) is 17.0. The maximum absolute atomic E-state index is 13.2. The highest BCUT2D eigenvalue weighted by molar-refractivity contribution is 7.18. The Morgan fingerprint density at radius 3 is 2.76 bits per heavy atom. The number of fused-ring (bicyclic) bond motifs is 3. The second-order valence-electron chi connectivity index (χ2n) is 8.51. The molecule has 5 rings (SSSR count). The van der Waals surface area contributed by atoms with E-state index in [1.165, 1.54) is 54.8 Å². The first-order chi connectivity index (χ1) is 14.3. The van der Waals surface area contributed by atoms with Gasteiger partial charge >= 0.3 is 0 Å². The average Bonchev–Trinajstić information content (AvgIpc) is 3.15. The van der Waals surface area contributed by atoms with Gasteiger partial charge in [-0.1, -0.05) is 36.8 Å². The van der Waals surface area contributed by atoms with Gasteiger partial charge in [0.1, 0.15) is 4.83 Å². The fourth-order valence-electron chi connectivity index (χ4n) is 5.04. The summed E-state index contributed by atoms with van der Waals surface area (Å²) < 4.78 is 1.83. The van der Waals surface area contributed by atoms with Crippen molar-refractivity contribution in [2.24, 2.45) is 0 Å². The number of piperidine rings is 1. The number of hydrogen-bond acceptors (Lipinski definition) is 4. The van der Waals surface area contributed by atoms with Crippen molar-refractivity contribution < 1.29 is 0 Å². The molecule has 2 aromatic heterocycles. The highest BCUT2D eigenvalue weighted by Gasteiger charge is 2.29. The van der Waals surface area contributed by atoms with Crippen LogP contribution in [0.25, 0.3) is 10.2 Å². The van der Waals surface area contributed by atoms with Gasteiger partial charge in [0, 0.05) is 17.5 Å². The molecule has 4 nitrogen and oxygen atoms in total. The van der Waals surface area contributed by atoms with E-state index in [9.17, 15) is 4.79 Å². The van der Waals surface area contributed by atoms with Gasteiger partial charge in [0.05, 0.1) is 11.7 Å². The van der Waals surface area contributed by atoms with Crippen molar-refractivity contribution in [2.75, 3.05) is 13.1 Å². The number of aryl methyl sites for hydroxylation is 3. The molecule has 29 heavy (non-hydrogen) atoms. The Morgan fingerprint density at radius 2 is 1.93 bits per heavy atom. The predicted molar refractivity (Wildman–Crippen MR) is 120 cm³/mol. The third-order valence-corrected chi connectivity index (χ3v) is 7.79. The minimum Gasteiger partial charge on any atom is -0.300 e. The summed E-state index contributed by atoms with van der Waals surface area (Å²) in [4.78, 5) is 22.9. The molecule has 0 radical (unpaired) electrons. The highest BCUT2D eigenvalue weighted by atomic mass is 32.1. The molecule has 1 atom stereocenters. The van der Waals surface area contributed by atoms with Gasteiger partial charge in [0.2, 0.25) is 0 Å². The van der Waals surface area contributed by atoms with Gasteiger partial charge in [-0.2, -0.15) is 0 Å². The van der Waals surface area contributed by atoms with Crippen molar-refractivity contribution in [3.05, 3.63) is 63.0 Å². The Balaban J connectivity index is 1.34. The van der Waals surface area contributed by atoms with E-state index in [4.69, 9.17) is 0 Å². The molecule has 0 saturated carbocycles. The maximum atomic E-state index is 13.2. The van der Waals surface area contributed by atoms with Crippen LogP contribution in [0, 0.1) is 0 Å². The SMILES string of the molecule is O=c1c2c3c(sc2ncn1CCCc1ccccc1)CC(N1CCCCC1)CC3. The zero-order chi connectivity index (χ0) is 19.6. The van der Waals surface area contributed by atoms with Crippen molar-refractivity contribution in [3.8, 4) is 0 Å². The number of benzene rings is 1. The Bertz CT molecular complexity index is 1030. The fraction of sp³-hybridized carbons (Fsp3) is 0.500. The highest BCUT2D eigenvalue weighted by Crippen LogP contribution is 2.35. The van der Waals surface area contributed by atoms with Crippen molar-refractivity contribution in [2.45, 2.75) is 64.0 Å². The van der Waals surface area contributed by atoms with Gasteiger partial charge in [-0.15, -0.1) is 11.3 Å². The van der Waals surface area contributed by atoms with E-state index in [0.29, 0.717) is 6.04 Å². The molecule has 3 heterocycles. The third-order valence-electron chi connectivity index (χ3n) is 6.62. The van der Waals surface area contributed by atoms with Crippen LogP contribution in [-0.4, -0.2) is 33.6 Å². The Hall–Kier alpha value is -1.98. The number of hydrogen-bond donors (Lipinski definition) is 0. The standard InChI is InChI=1S/C24H29N3OS/c28-24-22-20-12-11-19(26-13-5-2-6-14-26)16-21(20)29-23(22)25-17-27(24)15-7-10-18-8-3-1-4-9-18/h1,3-4,8-9,17,19H,2,5-7,10-16H2. The molecule has 2 aliphatic rings. The van der Waals surface area contributed by atoms with E-state index in [-0.39, 0.29) is 5.56 Å². The number of rotatable bonds is 5. The first-order valence-electron chi connectivity index (χ1n) is 11.1. The van der Waals surface area contributed by atoms with E-state index in [1.807, 2.05) is 10.6 Å². The quantitative estimate of drug-likeness (QED) is 0.628. The minimum absolute atomic E-state index is 0.164. The van der Waals surface area contributed by atoms with E-state index >= 15 is 0 Å². The van der Waals surface area contributed by atoms with Crippen LogP contribution in [0.4, 0.5) is 0 Å². The van der Waals surface area contributed by atoms with Crippen molar-refractivity contribution in [1.82, 2.24) is 14.5 Å². The van der Waals surface area contributed by atoms with Crippen molar-refractivity contribution in [1.29, 1.82) is 0 Å². The third kappa shape index (κ3) is 3.90. The molecule has 1 aliphatic heterocycles. The van der Waals surface area contributed by atoms with E-state index < -0.39 is 0 Å². The molecule has 0 bridgehead atoms. The molecule has 0 N–H and O–H groups in total. The van der Waals surface area contributed by atoms with Gasteiger partial charge in [-0.25, -0.2) is 4.98 Å². The van der Waals surface area contributed by atoms with Crippen LogP contribution < -0.4 is 5.56 Å². The summed E-state index contributed by atoms with van der Waals surface area (Å²) in [5, 5.41) is 0.907. The van der Waals surface area contributed by atoms with Gasteiger partial charge < -0.3 is 4.90 Å². The molecule has 152 valence electrons. The maximum Gasteiger partial charge on any atom is 0.262 e. The van der Waals surface area contributed by atoms with E-state index in [1.54, 1.807) is 17.7 Å². The molecular formula is C24H29N3OS. The van der Waals surface area contributed by atoms with Gasteiger partial charge in [-0.05, 0) is 69.2 Å². The predicted octanol–water partition coefficient (Wildman–Crippen LogP) is 4.43. The summed E-state index contributed by atoms with van der Waals surface area (Å²) in [6.07, 6.45) is 11.1. The molecular weight excluding hydrogens is 378 g/mol. The summed E-state index contributed by atoms with van der Waals surface area (Å²) >= 11 is 1.76. The lowest BCUT2D eigenvalue weighted by Crippen LogP contribution is -2.42. The van der Waals surface area contributed by atoms with Gasteiger partial charge in [0.15, 0.2) is 0 Å². The minimum atomic E-state index is 0.164. The molecule has 0 amide bonds. The van der Waals surface area contributed by atoms with E-state index in [0.717, 1.165) is 42.4 Å². The topological polar surface area (TPSA) is 38.1 Å². The van der Waals surface area contributed by atoms with Crippen molar-refractivity contribution >= 4 is 21.6 Å². The lowest BCUT2D eigenvalue weighted by Gasteiger charge is -2.36. The smallest absolute Gasteiger partial charge is 0.262 e. The fourth-order valence-corrected chi connectivity index (χ4v) is 6.29. The molecule has 1 aromatic carbocycles. The van der Waals surface area contributed by atoms with Crippen LogP contribution in [-0.2, 0) is 25.8 Å². The molecule has 1 saturated heterocycles. The molecule has 1 unspecified atom stereocenters. The Labute approximate surface area is 176 Å². The second-order valence-corrected chi connectivity index (χ2v) is 9.59. The van der Waals surface area contributed by atoms with Crippen LogP contribution in [0.3, 0.4) is 0 Å². The zero-order valence-corrected chi connectivity index (χ0v) is 17.8. The van der Waals surface area contributed by atoms with Crippen LogP contribution in [0.1, 0.15) is 48.1 Å². The Morgan fingerprint density at radius 1 is 1.10 bits per heavy atom. The van der Waals surface area contributed by atoms with Gasteiger partial charge in [-0.3, -0.25) is 9.36 Å². The Kier molecular flexibility index (Phi) is 5.51. The summed E-state index contributed by atoms with van der Waals surface area (Å²) in [6.45, 7) is 3.23. The number of nitrogens with zero attached hydrogens (tertiary/aromatic N) is 3. The van der Waals surface area contributed by atoms with Gasteiger partial charge in [0.25, 0.3) is 5.56 Å². The lowest BCUT2D eigenvalue weighted by atomic mass is 9.91. The molecule has 1 aliphatic carbocycles. The summed E-state index contributed by atoms with van der Waals surface area (Å²) in [7, 11) is 0. The first-order valence-corrected chi connectivity index (χ1v) is 11.9. The lowest BCUT2D eigenvalue weighted by molar-refractivity contribution is 0.151. The molecule has 1 fully saturated rings. The van der Waals surface area contributed by atoms with Crippen LogP contribution >= 0.6 is 11.3 Å². The van der Waals surface area contributed by atoms with Crippen LogP contribution in [0.5, 0.6) is 0 Å². The van der Waals surface area contributed by atoms with Crippen LogP contribution in [0.15, 0.2) is 41.5 Å². The van der Waals surface area contributed by atoms with Crippen LogP contribution in [0.2, 0.25) is 0 Å². The monoisotopic (exact) mass is 407 g/mol.